The molecule has 0 aromatic heterocycles. The van der Waals surface area contributed by atoms with Crippen molar-refractivity contribution in [1.82, 2.24) is 0 Å². The van der Waals surface area contributed by atoms with E-state index in [4.69, 9.17) is 0 Å². The van der Waals surface area contributed by atoms with Crippen LogP contribution in [0.3, 0.4) is 0 Å². The molecule has 0 amide bonds. The van der Waals surface area contributed by atoms with Crippen LogP contribution in [-0.4, -0.2) is 0 Å². The highest BCUT2D eigenvalue weighted by molar-refractivity contribution is 4.88. The lowest BCUT2D eigenvalue weighted by atomic mass is 9.63. The predicted octanol–water partition coefficient (Wildman–Crippen LogP) is 9.38. The van der Waals surface area contributed by atoms with Gasteiger partial charge >= 0.3 is 0 Å². The third-order valence-electron chi connectivity index (χ3n) is 8.01. The molecule has 0 N–H and O–H groups in total. The van der Waals surface area contributed by atoms with E-state index in [1.807, 2.05) is 0 Å². The summed E-state index contributed by atoms with van der Waals surface area (Å²) in [5.74, 6) is 3.80. The number of hydrogen-bond acceptors (Lipinski definition) is 0. The van der Waals surface area contributed by atoms with Gasteiger partial charge in [-0.15, -0.1) is 0 Å². The molecule has 0 heterocycles. The van der Waals surface area contributed by atoms with Crippen LogP contribution in [0.25, 0.3) is 0 Å². The summed E-state index contributed by atoms with van der Waals surface area (Å²) in [5, 5.41) is 0. The zero-order valence-corrected chi connectivity index (χ0v) is 21.3. The van der Waals surface area contributed by atoms with Crippen molar-refractivity contribution in [2.45, 2.75) is 128 Å². The molecule has 0 nitrogen and oxygen atoms in total. The average molecular weight is 379 g/mol. The van der Waals surface area contributed by atoms with Gasteiger partial charge in [-0.3, -0.25) is 0 Å². The maximum atomic E-state index is 2.41. The van der Waals surface area contributed by atoms with Crippen LogP contribution in [0, 0.1) is 45.3 Å². The molecule has 0 aromatic rings. The molecule has 0 heteroatoms. The molecule has 162 valence electrons. The third-order valence-corrected chi connectivity index (χ3v) is 8.01. The van der Waals surface area contributed by atoms with E-state index in [9.17, 15) is 0 Å². The van der Waals surface area contributed by atoms with Gasteiger partial charge in [0.05, 0.1) is 0 Å². The highest BCUT2D eigenvalue weighted by Gasteiger charge is 2.38. The van der Waals surface area contributed by atoms with Crippen LogP contribution >= 0.6 is 0 Å². The van der Waals surface area contributed by atoms with Crippen molar-refractivity contribution in [2.24, 2.45) is 45.3 Å². The van der Waals surface area contributed by atoms with Gasteiger partial charge in [0.1, 0.15) is 0 Å². The zero-order chi connectivity index (χ0) is 21.3. The minimum atomic E-state index is 0.518. The summed E-state index contributed by atoms with van der Waals surface area (Å²) in [4.78, 5) is 0. The highest BCUT2D eigenvalue weighted by atomic mass is 14.4. The quantitative estimate of drug-likeness (QED) is 0.393. The van der Waals surface area contributed by atoms with E-state index in [0.717, 1.165) is 23.7 Å². The Hall–Kier alpha value is 0. The molecule has 0 aliphatic heterocycles. The van der Waals surface area contributed by atoms with Gasteiger partial charge in [-0.25, -0.2) is 0 Å². The minimum Gasteiger partial charge on any atom is -0.0599 e. The average Bonchev–Trinajstić information content (AvgIpc) is 2.96. The fourth-order valence-corrected chi connectivity index (χ4v) is 5.32. The molecule has 2 saturated carbocycles. The molecule has 4 atom stereocenters. The summed E-state index contributed by atoms with van der Waals surface area (Å²) in [6, 6.07) is 0. The van der Waals surface area contributed by atoms with Crippen LogP contribution in [0.5, 0.6) is 0 Å². The van der Waals surface area contributed by atoms with Crippen molar-refractivity contribution in [2.75, 3.05) is 0 Å². The second-order valence-corrected chi connectivity index (χ2v) is 14.2. The lowest BCUT2D eigenvalue weighted by Gasteiger charge is -2.42. The van der Waals surface area contributed by atoms with Crippen LogP contribution in [0.4, 0.5) is 0 Å². The molecule has 0 radical (unpaired) electrons. The van der Waals surface area contributed by atoms with Gasteiger partial charge < -0.3 is 0 Å². The normalized spacial score (nSPS) is 30.7. The van der Waals surface area contributed by atoms with Gasteiger partial charge in [0, 0.05) is 0 Å². The van der Waals surface area contributed by atoms with Crippen LogP contribution in [-0.2, 0) is 0 Å². The van der Waals surface area contributed by atoms with Crippen molar-refractivity contribution >= 4 is 0 Å². The Morgan fingerprint density at radius 2 is 0.593 bits per heavy atom. The van der Waals surface area contributed by atoms with E-state index in [1.165, 1.54) is 44.9 Å². The molecule has 0 spiro atoms. The lowest BCUT2D eigenvalue weighted by molar-refractivity contribution is 0.0830. The first-order chi connectivity index (χ1) is 11.9. The van der Waals surface area contributed by atoms with Crippen LogP contribution in [0.1, 0.15) is 128 Å². The van der Waals surface area contributed by atoms with Gasteiger partial charge in [0.25, 0.3) is 0 Å². The molecule has 27 heavy (non-hydrogen) atoms. The van der Waals surface area contributed by atoms with E-state index in [2.05, 4.69) is 83.1 Å². The van der Waals surface area contributed by atoms with Gasteiger partial charge in [-0.2, -0.15) is 0 Å². The van der Waals surface area contributed by atoms with Crippen LogP contribution < -0.4 is 0 Å². The largest absolute Gasteiger partial charge is 0.0599 e. The molecule has 4 unspecified atom stereocenters. The van der Waals surface area contributed by atoms with E-state index >= 15 is 0 Å². The molecule has 0 aromatic carbocycles. The smallest absolute Gasteiger partial charge is 0.0354 e. The third kappa shape index (κ3) is 8.10. The second kappa shape index (κ2) is 8.79. The summed E-state index contributed by atoms with van der Waals surface area (Å²) in [7, 11) is 0. The second-order valence-electron chi connectivity index (χ2n) is 14.2. The maximum Gasteiger partial charge on any atom is -0.0354 e. The summed E-state index contributed by atoms with van der Waals surface area (Å²) >= 11 is 0. The first-order valence-corrected chi connectivity index (χ1v) is 11.9. The van der Waals surface area contributed by atoms with E-state index < -0.39 is 0 Å². The Morgan fingerprint density at radius 1 is 0.370 bits per heavy atom. The summed E-state index contributed by atoms with van der Waals surface area (Å²) in [5.41, 5.74) is 2.09. The monoisotopic (exact) mass is 378 g/mol. The van der Waals surface area contributed by atoms with Gasteiger partial charge in [0.15, 0.2) is 0 Å². The molecule has 2 aliphatic carbocycles. The van der Waals surface area contributed by atoms with Crippen molar-refractivity contribution in [1.29, 1.82) is 0 Å². The molecule has 2 fully saturated rings. The van der Waals surface area contributed by atoms with Crippen molar-refractivity contribution in [3.63, 3.8) is 0 Å². The van der Waals surface area contributed by atoms with Gasteiger partial charge in [0.2, 0.25) is 0 Å². The summed E-state index contributed by atoms with van der Waals surface area (Å²) in [6.07, 6.45) is 10.2. The highest BCUT2D eigenvalue weighted by Crippen LogP contribution is 2.48. The Kier molecular flexibility index (Phi) is 8.15. The van der Waals surface area contributed by atoms with Gasteiger partial charge in [-0.05, 0) is 83.9 Å². The fourth-order valence-electron chi connectivity index (χ4n) is 5.32. The number of hydrogen-bond donors (Lipinski definition) is 0. The molecule has 0 bridgehead atoms. The van der Waals surface area contributed by atoms with Gasteiger partial charge in [-0.1, -0.05) is 89.5 Å². The number of rotatable bonds is 0. The summed E-state index contributed by atoms with van der Waals surface area (Å²) in [6.45, 7) is 28.8. The Morgan fingerprint density at radius 3 is 0.778 bits per heavy atom. The Balaban J connectivity index is 0.000000271. The standard InChI is InChI=1S/C14H28.C13H26/c1-13(2,3)11-8-7-9-12(10-11)14(4,5)6;1-12(2,3)10-7-8-11(9-10)13(4,5)6/h11-12H,7-10H2,1-6H3;10-11H,7-9H2,1-6H3. The maximum absolute atomic E-state index is 2.41. The fraction of sp³-hybridized carbons (Fsp3) is 1.00. The first kappa shape index (κ1) is 25.0. The van der Waals surface area contributed by atoms with E-state index in [-0.39, 0.29) is 0 Å². The van der Waals surface area contributed by atoms with Crippen molar-refractivity contribution < 1.29 is 0 Å². The molecular formula is C27H54. The van der Waals surface area contributed by atoms with Crippen molar-refractivity contribution in [3.05, 3.63) is 0 Å². The van der Waals surface area contributed by atoms with E-state index in [1.54, 1.807) is 0 Å². The topological polar surface area (TPSA) is 0 Å². The molecule has 2 rings (SSSR count). The molecular weight excluding hydrogens is 324 g/mol. The minimum absolute atomic E-state index is 0.518. The molecule has 0 saturated heterocycles. The predicted molar refractivity (Wildman–Crippen MR) is 124 cm³/mol. The SMILES string of the molecule is CC(C)(C)C1CCC(C(C)(C)C)C1.CC(C)(C)C1CCCC(C(C)(C)C)C1. The van der Waals surface area contributed by atoms with Crippen molar-refractivity contribution in [3.8, 4) is 0 Å². The first-order valence-electron chi connectivity index (χ1n) is 11.9. The summed E-state index contributed by atoms with van der Waals surface area (Å²) < 4.78 is 0. The molecule has 2 aliphatic rings. The Bertz CT molecular complexity index is 389. The van der Waals surface area contributed by atoms with E-state index in [0.29, 0.717) is 21.7 Å². The zero-order valence-electron chi connectivity index (χ0n) is 21.3. The lowest BCUT2D eigenvalue weighted by Crippen LogP contribution is -2.32. The Labute approximate surface area is 173 Å². The van der Waals surface area contributed by atoms with Crippen LogP contribution in [0.15, 0.2) is 0 Å². The van der Waals surface area contributed by atoms with Crippen LogP contribution in [0.2, 0.25) is 0 Å².